The van der Waals surface area contributed by atoms with Gasteiger partial charge >= 0.3 is 10.1 Å². The number of hydrogen-bond donors (Lipinski definition) is 1. The van der Waals surface area contributed by atoms with Gasteiger partial charge in [0, 0.05) is 5.92 Å². The summed E-state index contributed by atoms with van der Waals surface area (Å²) in [5.41, 5.74) is 1.69. The van der Waals surface area contributed by atoms with Gasteiger partial charge in [-0.3, -0.25) is 10.2 Å². The van der Waals surface area contributed by atoms with Crippen LogP contribution in [0.25, 0.3) is 6.08 Å². The molecular weight excluding hydrogens is 484 g/mol. The number of nitrogens with zero attached hydrogens (tertiary/aromatic N) is 3. The maximum atomic E-state index is 12.7. The maximum Gasteiger partial charge on any atom is 0.339 e. The summed E-state index contributed by atoms with van der Waals surface area (Å²) in [5.74, 6) is 0.00793. The van der Waals surface area contributed by atoms with Crippen molar-refractivity contribution in [2.24, 2.45) is 16.0 Å². The Kier molecular flexibility index (Phi) is 6.33. The largest absolute Gasteiger partial charge is 0.379 e. The average Bonchev–Trinajstić information content (AvgIpc) is 3.28. The highest BCUT2D eigenvalue weighted by Gasteiger charge is 2.37. The fraction of sp³-hybridized carbons (Fsp3) is 0.280. The number of hydrazone groups is 1. The molecular formula is C25H24N4O4S2. The van der Waals surface area contributed by atoms with Gasteiger partial charge in [0.25, 0.3) is 5.91 Å². The minimum absolute atomic E-state index is 0.0133. The van der Waals surface area contributed by atoms with Crippen molar-refractivity contribution in [1.82, 2.24) is 5.01 Å². The Hall–Kier alpha value is -3.24. The lowest BCUT2D eigenvalue weighted by Gasteiger charge is -2.20. The highest BCUT2D eigenvalue weighted by molar-refractivity contribution is 8.27. The first-order valence-electron chi connectivity index (χ1n) is 11.4. The van der Waals surface area contributed by atoms with E-state index in [0.29, 0.717) is 16.6 Å². The summed E-state index contributed by atoms with van der Waals surface area (Å²) in [6.07, 6.45) is 7.29. The fourth-order valence-electron chi connectivity index (χ4n) is 4.19. The summed E-state index contributed by atoms with van der Waals surface area (Å²) in [4.78, 5) is 16.9. The molecule has 1 amide bonds. The van der Waals surface area contributed by atoms with Crippen LogP contribution >= 0.6 is 11.8 Å². The number of rotatable bonds is 5. The van der Waals surface area contributed by atoms with Crippen LogP contribution in [0.2, 0.25) is 0 Å². The molecule has 10 heteroatoms. The molecule has 0 saturated heterocycles. The topological polar surface area (TPSA) is 112 Å². The zero-order valence-electron chi connectivity index (χ0n) is 19.1. The second-order valence-electron chi connectivity index (χ2n) is 8.71. The van der Waals surface area contributed by atoms with E-state index in [2.05, 4.69) is 10.1 Å². The van der Waals surface area contributed by atoms with Gasteiger partial charge in [0.05, 0.1) is 5.57 Å². The third kappa shape index (κ3) is 4.94. The van der Waals surface area contributed by atoms with E-state index in [-0.39, 0.29) is 22.1 Å². The number of amidine groups is 2. The van der Waals surface area contributed by atoms with Crippen molar-refractivity contribution in [3.05, 3.63) is 65.2 Å². The van der Waals surface area contributed by atoms with E-state index < -0.39 is 16.0 Å². The Morgan fingerprint density at radius 1 is 1.06 bits per heavy atom. The minimum atomic E-state index is -3.96. The van der Waals surface area contributed by atoms with Crippen molar-refractivity contribution < 1.29 is 17.4 Å². The maximum absolute atomic E-state index is 12.7. The average molecular weight is 509 g/mol. The van der Waals surface area contributed by atoms with Crippen LogP contribution in [-0.4, -0.2) is 35.4 Å². The lowest BCUT2D eigenvalue weighted by atomic mass is 9.90. The predicted molar refractivity (Wildman–Crippen MR) is 137 cm³/mol. The van der Waals surface area contributed by atoms with Gasteiger partial charge in [0.2, 0.25) is 5.17 Å². The van der Waals surface area contributed by atoms with Crippen LogP contribution < -0.4 is 4.18 Å². The molecule has 1 saturated carbocycles. The number of nitrogens with one attached hydrogen (secondary N) is 1. The van der Waals surface area contributed by atoms with Crippen molar-refractivity contribution >= 4 is 49.9 Å². The number of fused-ring (bicyclic) bond motifs is 1. The molecule has 2 aromatic rings. The normalized spacial score (nSPS) is 20.0. The van der Waals surface area contributed by atoms with Gasteiger partial charge in [0.15, 0.2) is 5.84 Å². The molecule has 1 N–H and O–H groups in total. The summed E-state index contributed by atoms with van der Waals surface area (Å²) in [6, 6.07) is 12.7. The number of aryl methyl sites for hydroxylation is 1. The minimum Gasteiger partial charge on any atom is -0.379 e. The second kappa shape index (κ2) is 9.43. The van der Waals surface area contributed by atoms with Gasteiger partial charge in [-0.05, 0) is 67.4 Å². The summed E-state index contributed by atoms with van der Waals surface area (Å²) in [5, 5.41) is 16.0. The Morgan fingerprint density at radius 2 is 1.74 bits per heavy atom. The molecule has 1 fully saturated rings. The number of carbonyl (C=O) groups excluding carboxylic acids is 1. The first kappa shape index (κ1) is 23.5. The molecule has 2 aliphatic heterocycles. The third-order valence-corrected chi connectivity index (χ3v) is 8.46. The van der Waals surface area contributed by atoms with Crippen LogP contribution in [0.5, 0.6) is 5.75 Å². The predicted octanol–water partition coefficient (Wildman–Crippen LogP) is 4.96. The number of amides is 1. The Labute approximate surface area is 208 Å². The summed E-state index contributed by atoms with van der Waals surface area (Å²) >= 11 is 1.39. The van der Waals surface area contributed by atoms with Gasteiger partial charge in [-0.2, -0.15) is 23.5 Å². The molecule has 1 aliphatic carbocycles. The SMILES string of the molecule is Cc1ccc(S(=O)(=O)Oc2ccc(C=C3C(=N)N4N=C(C5CCCCC5)SC4=NC3=O)cc2)cc1. The van der Waals surface area contributed by atoms with Gasteiger partial charge in [0.1, 0.15) is 15.7 Å². The van der Waals surface area contributed by atoms with Gasteiger partial charge in [-0.15, -0.1) is 0 Å². The van der Waals surface area contributed by atoms with Crippen molar-refractivity contribution in [2.75, 3.05) is 0 Å². The van der Waals surface area contributed by atoms with E-state index in [1.54, 1.807) is 30.3 Å². The van der Waals surface area contributed by atoms with Gasteiger partial charge < -0.3 is 4.18 Å². The van der Waals surface area contributed by atoms with Crippen LogP contribution in [-0.2, 0) is 14.9 Å². The summed E-state index contributed by atoms with van der Waals surface area (Å²) < 4.78 is 30.2. The molecule has 8 nitrogen and oxygen atoms in total. The van der Waals surface area contributed by atoms with E-state index in [9.17, 15) is 13.2 Å². The summed E-state index contributed by atoms with van der Waals surface area (Å²) in [6.45, 7) is 1.87. The van der Waals surface area contributed by atoms with Crippen LogP contribution in [0.15, 0.2) is 69.1 Å². The Bertz CT molecular complexity index is 1370. The molecule has 0 bridgehead atoms. The number of benzene rings is 2. The Balaban J connectivity index is 1.32. The van der Waals surface area contributed by atoms with E-state index in [1.165, 1.54) is 60.3 Å². The number of hydrogen-bond acceptors (Lipinski definition) is 7. The number of carbonyl (C=O) groups is 1. The lowest BCUT2D eigenvalue weighted by Crippen LogP contribution is -2.35. The van der Waals surface area contributed by atoms with Crippen LogP contribution in [0.3, 0.4) is 0 Å². The monoisotopic (exact) mass is 508 g/mol. The quantitative estimate of drug-likeness (QED) is 0.451. The molecule has 0 unspecified atom stereocenters. The van der Waals surface area contributed by atoms with Crippen molar-refractivity contribution in [3.8, 4) is 5.75 Å². The molecule has 0 atom stereocenters. The van der Waals surface area contributed by atoms with E-state index >= 15 is 0 Å². The molecule has 180 valence electrons. The van der Waals surface area contributed by atoms with Crippen molar-refractivity contribution in [2.45, 2.75) is 43.9 Å². The molecule has 3 aliphatic rings. The number of thioether (sulfide) groups is 1. The standard InChI is InChI=1S/C25H24N4O4S2/c1-16-7-13-20(14-8-16)35(31,32)33-19-11-9-17(10-12-19)15-21-22(26)29-25(27-23(21)30)34-24(28-29)18-5-3-2-4-6-18/h7-15,18,26H,2-6H2,1H3. The number of aliphatic imine (C=N–C) groups is 1. The van der Waals surface area contributed by atoms with E-state index in [0.717, 1.165) is 23.4 Å². The molecule has 0 spiro atoms. The fourth-order valence-corrected chi connectivity index (χ4v) is 6.18. The summed E-state index contributed by atoms with van der Waals surface area (Å²) in [7, 11) is -3.96. The van der Waals surface area contributed by atoms with Crippen LogP contribution in [0, 0.1) is 18.3 Å². The zero-order chi connectivity index (χ0) is 24.6. The molecule has 0 radical (unpaired) electrons. The van der Waals surface area contributed by atoms with Crippen molar-refractivity contribution in [1.29, 1.82) is 5.41 Å². The second-order valence-corrected chi connectivity index (χ2v) is 11.2. The first-order valence-corrected chi connectivity index (χ1v) is 13.6. The molecule has 5 rings (SSSR count). The smallest absolute Gasteiger partial charge is 0.339 e. The highest BCUT2D eigenvalue weighted by atomic mass is 32.2. The van der Waals surface area contributed by atoms with Gasteiger partial charge in [-0.1, -0.05) is 49.1 Å². The van der Waals surface area contributed by atoms with Gasteiger partial charge in [-0.25, -0.2) is 0 Å². The first-order chi connectivity index (χ1) is 16.8. The van der Waals surface area contributed by atoms with Crippen LogP contribution in [0.4, 0.5) is 0 Å². The molecule has 0 aromatic heterocycles. The molecule has 2 heterocycles. The zero-order valence-corrected chi connectivity index (χ0v) is 20.7. The van der Waals surface area contributed by atoms with Crippen molar-refractivity contribution in [3.63, 3.8) is 0 Å². The molecule has 35 heavy (non-hydrogen) atoms. The lowest BCUT2D eigenvalue weighted by molar-refractivity contribution is -0.114. The highest BCUT2D eigenvalue weighted by Crippen LogP contribution is 2.36. The van der Waals surface area contributed by atoms with Crippen LogP contribution in [0.1, 0.15) is 43.2 Å². The Morgan fingerprint density at radius 3 is 2.43 bits per heavy atom. The molecule has 2 aromatic carbocycles. The third-order valence-electron chi connectivity index (χ3n) is 6.13. The van der Waals surface area contributed by atoms with E-state index in [4.69, 9.17) is 9.59 Å². The van der Waals surface area contributed by atoms with E-state index in [1.807, 2.05) is 6.92 Å².